The van der Waals surface area contributed by atoms with Crippen molar-refractivity contribution in [3.05, 3.63) is 65.2 Å². The molecule has 2 heterocycles. The number of nitrogens with one attached hydrogen (secondary N) is 1. The summed E-state index contributed by atoms with van der Waals surface area (Å²) in [5, 5.41) is 3.28. The number of morpholine rings is 1. The van der Waals surface area contributed by atoms with Crippen LogP contribution in [0.25, 0.3) is 0 Å². The number of carbonyl (C=O) groups excluding carboxylic acids is 1. The third-order valence-corrected chi connectivity index (χ3v) is 5.89. The van der Waals surface area contributed by atoms with Crippen LogP contribution in [0.3, 0.4) is 0 Å². The molecule has 5 heteroatoms. The molecular formula is C20H22N2O2S. The quantitative estimate of drug-likeness (QED) is 0.920. The maximum Gasteiger partial charge on any atom is 0.234 e. The maximum absolute atomic E-state index is 12.7. The minimum Gasteiger partial charge on any atom is -0.379 e. The highest BCUT2D eigenvalue weighted by atomic mass is 32.2. The van der Waals surface area contributed by atoms with Crippen molar-refractivity contribution in [1.82, 2.24) is 10.2 Å². The Labute approximate surface area is 152 Å². The van der Waals surface area contributed by atoms with Gasteiger partial charge in [-0.05, 0) is 22.8 Å². The first-order chi connectivity index (χ1) is 12.3. The van der Waals surface area contributed by atoms with E-state index in [9.17, 15) is 4.79 Å². The molecule has 0 aliphatic carbocycles. The van der Waals surface area contributed by atoms with Crippen LogP contribution in [-0.2, 0) is 15.3 Å². The van der Waals surface area contributed by atoms with Crippen molar-refractivity contribution in [2.24, 2.45) is 0 Å². The second kappa shape index (κ2) is 7.60. The molecule has 4 rings (SSSR count). The summed E-state index contributed by atoms with van der Waals surface area (Å²) in [5.41, 5.74) is 3.68. The smallest absolute Gasteiger partial charge is 0.234 e. The number of carbonyl (C=O) groups is 1. The minimum absolute atomic E-state index is 0.0726. The highest BCUT2D eigenvalue weighted by Crippen LogP contribution is 2.39. The number of ether oxygens (including phenoxy) is 1. The standard InChI is InChI=1S/C20H22N2O2S/c23-19(13-22-9-11-24-12-10-22)21-20-16-6-2-1-5-15(16)14-25-18-8-4-3-7-17(18)20/h1-8,20H,9-14H2,(H,21,23)/t20-/m0/s1. The largest absolute Gasteiger partial charge is 0.379 e. The van der Waals surface area contributed by atoms with Gasteiger partial charge in [-0.2, -0.15) is 0 Å². The van der Waals surface area contributed by atoms with Crippen LogP contribution in [0, 0.1) is 0 Å². The van der Waals surface area contributed by atoms with Crippen LogP contribution in [0.5, 0.6) is 0 Å². The predicted molar refractivity (Wildman–Crippen MR) is 99.7 cm³/mol. The predicted octanol–water partition coefficient (Wildman–Crippen LogP) is 2.83. The zero-order chi connectivity index (χ0) is 17.1. The lowest BCUT2D eigenvalue weighted by molar-refractivity contribution is -0.123. The fourth-order valence-corrected chi connectivity index (χ4v) is 4.55. The Kier molecular flexibility index (Phi) is 5.06. The topological polar surface area (TPSA) is 41.6 Å². The van der Waals surface area contributed by atoms with Crippen LogP contribution < -0.4 is 5.32 Å². The fourth-order valence-electron chi connectivity index (χ4n) is 3.45. The summed E-state index contributed by atoms with van der Waals surface area (Å²) in [5.74, 6) is 1.01. The average molecular weight is 354 g/mol. The first-order valence-corrected chi connectivity index (χ1v) is 9.69. The molecule has 2 aromatic carbocycles. The van der Waals surface area contributed by atoms with Crippen molar-refractivity contribution < 1.29 is 9.53 Å². The molecule has 1 fully saturated rings. The zero-order valence-electron chi connectivity index (χ0n) is 14.1. The summed E-state index contributed by atoms with van der Waals surface area (Å²) in [4.78, 5) is 16.1. The number of thioether (sulfide) groups is 1. The van der Waals surface area contributed by atoms with Crippen molar-refractivity contribution >= 4 is 17.7 Å². The molecule has 0 aromatic heterocycles. The Bertz CT molecular complexity index is 711. The molecule has 0 unspecified atom stereocenters. The van der Waals surface area contributed by atoms with Crippen LogP contribution in [0.4, 0.5) is 0 Å². The van der Waals surface area contributed by atoms with Crippen LogP contribution in [0.15, 0.2) is 53.4 Å². The SMILES string of the molecule is O=C(CN1CCOCC1)N[C@H]1c2ccccc2CSc2ccccc21. The maximum atomic E-state index is 12.7. The van der Waals surface area contributed by atoms with Crippen LogP contribution in [0.2, 0.25) is 0 Å². The minimum atomic E-state index is -0.0871. The Balaban J connectivity index is 1.60. The summed E-state index contributed by atoms with van der Waals surface area (Å²) in [6, 6.07) is 16.7. The van der Waals surface area contributed by atoms with Crippen molar-refractivity contribution in [1.29, 1.82) is 0 Å². The third kappa shape index (κ3) is 3.73. The Morgan fingerprint density at radius 3 is 2.64 bits per heavy atom. The number of rotatable bonds is 3. The van der Waals surface area contributed by atoms with Crippen molar-refractivity contribution in [2.45, 2.75) is 16.7 Å². The van der Waals surface area contributed by atoms with Crippen LogP contribution >= 0.6 is 11.8 Å². The van der Waals surface area contributed by atoms with Gasteiger partial charge in [0, 0.05) is 23.7 Å². The molecule has 130 valence electrons. The van der Waals surface area contributed by atoms with Gasteiger partial charge in [0.1, 0.15) is 0 Å². The normalized spacial score (nSPS) is 20.2. The molecule has 4 nitrogen and oxygen atoms in total. The molecular weight excluding hydrogens is 332 g/mol. The van der Waals surface area contributed by atoms with E-state index in [-0.39, 0.29) is 11.9 Å². The Hall–Kier alpha value is -1.82. The number of hydrogen-bond donors (Lipinski definition) is 1. The highest BCUT2D eigenvalue weighted by molar-refractivity contribution is 7.98. The van der Waals surface area contributed by atoms with Crippen LogP contribution in [0.1, 0.15) is 22.7 Å². The van der Waals surface area contributed by atoms with E-state index < -0.39 is 0 Å². The van der Waals surface area contributed by atoms with Gasteiger partial charge in [-0.15, -0.1) is 11.8 Å². The first kappa shape index (κ1) is 16.6. The average Bonchev–Trinajstić information content (AvgIpc) is 2.80. The molecule has 2 aliphatic heterocycles. The molecule has 1 atom stereocenters. The van der Waals surface area contributed by atoms with E-state index in [4.69, 9.17) is 4.74 Å². The van der Waals surface area contributed by atoms with Crippen molar-refractivity contribution in [3.63, 3.8) is 0 Å². The number of amides is 1. The summed E-state index contributed by atoms with van der Waals surface area (Å²) in [6.07, 6.45) is 0. The van der Waals surface area contributed by atoms with Crippen molar-refractivity contribution in [3.8, 4) is 0 Å². The third-order valence-electron chi connectivity index (χ3n) is 4.76. The fraction of sp³-hybridized carbons (Fsp3) is 0.350. The second-order valence-corrected chi connectivity index (χ2v) is 7.43. The molecule has 2 aromatic rings. The van der Waals surface area contributed by atoms with E-state index in [1.54, 1.807) is 0 Å². The highest BCUT2D eigenvalue weighted by Gasteiger charge is 2.25. The summed E-state index contributed by atoms with van der Waals surface area (Å²) < 4.78 is 5.36. The Morgan fingerprint density at radius 2 is 1.80 bits per heavy atom. The van der Waals surface area contributed by atoms with Gasteiger partial charge in [0.15, 0.2) is 0 Å². The molecule has 1 saturated heterocycles. The summed E-state index contributed by atoms with van der Waals surface area (Å²) in [6.45, 7) is 3.48. The van der Waals surface area contributed by atoms with Crippen LogP contribution in [-0.4, -0.2) is 43.7 Å². The Morgan fingerprint density at radius 1 is 1.08 bits per heavy atom. The molecule has 0 radical (unpaired) electrons. The molecule has 1 N–H and O–H groups in total. The van der Waals surface area contributed by atoms with Gasteiger partial charge in [-0.3, -0.25) is 9.69 Å². The summed E-state index contributed by atoms with van der Waals surface area (Å²) >= 11 is 1.84. The van der Waals surface area contributed by atoms with Gasteiger partial charge < -0.3 is 10.1 Å². The zero-order valence-corrected chi connectivity index (χ0v) is 14.9. The molecule has 0 saturated carbocycles. The van der Waals surface area contributed by atoms with E-state index in [1.807, 2.05) is 11.8 Å². The molecule has 1 amide bonds. The molecule has 0 spiro atoms. The molecule has 25 heavy (non-hydrogen) atoms. The van der Waals surface area contributed by atoms with E-state index in [0.29, 0.717) is 19.8 Å². The van der Waals surface area contributed by atoms with E-state index in [1.165, 1.54) is 21.6 Å². The number of fused-ring (bicyclic) bond motifs is 2. The van der Waals surface area contributed by atoms with Gasteiger partial charge in [0.05, 0.1) is 25.8 Å². The number of hydrogen-bond acceptors (Lipinski definition) is 4. The van der Waals surface area contributed by atoms with Gasteiger partial charge >= 0.3 is 0 Å². The second-order valence-electron chi connectivity index (χ2n) is 6.41. The lowest BCUT2D eigenvalue weighted by Crippen LogP contribution is -2.44. The lowest BCUT2D eigenvalue weighted by Gasteiger charge is -2.27. The van der Waals surface area contributed by atoms with Gasteiger partial charge in [-0.1, -0.05) is 42.5 Å². The first-order valence-electron chi connectivity index (χ1n) is 8.70. The monoisotopic (exact) mass is 354 g/mol. The summed E-state index contributed by atoms with van der Waals surface area (Å²) in [7, 11) is 0. The van der Waals surface area contributed by atoms with E-state index >= 15 is 0 Å². The van der Waals surface area contributed by atoms with Gasteiger partial charge in [0.2, 0.25) is 5.91 Å². The van der Waals surface area contributed by atoms with Gasteiger partial charge in [0.25, 0.3) is 0 Å². The number of benzene rings is 2. The van der Waals surface area contributed by atoms with Gasteiger partial charge in [-0.25, -0.2) is 0 Å². The van der Waals surface area contributed by atoms with E-state index in [2.05, 4.69) is 58.7 Å². The molecule has 0 bridgehead atoms. The van der Waals surface area contributed by atoms with Crippen molar-refractivity contribution in [2.75, 3.05) is 32.8 Å². The lowest BCUT2D eigenvalue weighted by atomic mass is 9.95. The van der Waals surface area contributed by atoms with E-state index in [0.717, 1.165) is 18.8 Å². The number of nitrogens with zero attached hydrogens (tertiary/aromatic N) is 1. The molecule has 2 aliphatic rings.